The lowest BCUT2D eigenvalue weighted by atomic mass is 10.0. The molecule has 0 heterocycles. The number of ketones is 1. The van der Waals surface area contributed by atoms with Gasteiger partial charge in [0.05, 0.1) is 13.2 Å². The minimum Gasteiger partial charge on any atom is -0.490 e. The Morgan fingerprint density at radius 3 is 1.18 bits per heavy atom. The number of unbranched alkanes of at least 4 members (excludes halogenated alkanes) is 32. The molecule has 0 radical (unpaired) electrons. The van der Waals surface area contributed by atoms with Crippen molar-refractivity contribution < 1.29 is 14.3 Å². The Morgan fingerprint density at radius 2 is 0.800 bits per heavy atom. The molecule has 2 rings (SSSR count). The average Bonchev–Trinajstić information content (AvgIpc) is 3.27. The van der Waals surface area contributed by atoms with Gasteiger partial charge >= 0.3 is 0 Å². The Bertz CT molecular complexity index is 1270. The maximum Gasteiger partial charge on any atom is 0.185 e. The number of carbonyl (C=O) groups is 1. The van der Waals surface area contributed by atoms with Crippen molar-refractivity contribution in [2.75, 3.05) is 19.0 Å². The summed E-state index contributed by atoms with van der Waals surface area (Å²) in [6.45, 7) is 8.20. The summed E-state index contributed by atoms with van der Waals surface area (Å²) in [5.41, 5.74) is 1.68. The fourth-order valence-electron chi connectivity index (χ4n) is 8.08. The van der Waals surface area contributed by atoms with Crippen molar-refractivity contribution in [2.24, 2.45) is 0 Å². The van der Waals surface area contributed by atoms with Crippen molar-refractivity contribution in [3.05, 3.63) is 59.7 Å². The number of allylic oxidation sites excluding steroid dienone is 1. The SMILES string of the molecule is CCCCCCCCCCCCCCCCCCCOc1ccc(C=CC(=O)c2ccc(SCCC)cc2)cc1OCCCCCCCCCCCCCCCCCCC. The maximum atomic E-state index is 13.0. The van der Waals surface area contributed by atoms with E-state index >= 15 is 0 Å². The molecule has 0 aliphatic carbocycles. The molecule has 0 aliphatic rings. The summed E-state index contributed by atoms with van der Waals surface area (Å²) in [5.74, 6) is 2.73. The van der Waals surface area contributed by atoms with Crippen molar-refractivity contribution in [3.8, 4) is 11.5 Å². The predicted octanol–water partition coefficient (Wildman–Crippen LogP) is 19.1. The molecule has 4 heteroatoms. The number of carbonyl (C=O) groups excluding carboxylic acids is 1. The highest BCUT2D eigenvalue weighted by Gasteiger charge is 2.08. The summed E-state index contributed by atoms with van der Waals surface area (Å²) in [6, 6.07) is 14.1. The van der Waals surface area contributed by atoms with E-state index in [1.807, 2.05) is 48.2 Å². The van der Waals surface area contributed by atoms with Crippen LogP contribution >= 0.6 is 11.8 Å². The second-order valence-corrected chi connectivity index (χ2v) is 19.0. The molecule has 0 atom stereocenters. The molecule has 0 saturated carbocycles. The van der Waals surface area contributed by atoms with Crippen molar-refractivity contribution in [2.45, 2.75) is 250 Å². The third-order valence-corrected chi connectivity index (χ3v) is 13.2. The number of hydrogen-bond donors (Lipinski definition) is 0. The van der Waals surface area contributed by atoms with Gasteiger partial charge in [0.2, 0.25) is 0 Å². The molecule has 0 bridgehead atoms. The summed E-state index contributed by atoms with van der Waals surface area (Å²) in [4.78, 5) is 14.2. The van der Waals surface area contributed by atoms with Crippen molar-refractivity contribution in [1.29, 1.82) is 0 Å². The molecule has 0 N–H and O–H groups in total. The highest BCUT2D eigenvalue weighted by Crippen LogP contribution is 2.30. The number of rotatable bonds is 44. The lowest BCUT2D eigenvalue weighted by Gasteiger charge is -2.14. The lowest BCUT2D eigenvalue weighted by molar-refractivity contribution is 0.104. The molecule has 0 aliphatic heterocycles. The van der Waals surface area contributed by atoms with Gasteiger partial charge < -0.3 is 9.47 Å². The molecular weight excluding hydrogens is 753 g/mol. The number of thioether (sulfide) groups is 1. The van der Waals surface area contributed by atoms with Crippen LogP contribution in [0.4, 0.5) is 0 Å². The minimum atomic E-state index is 0.0205. The van der Waals surface area contributed by atoms with Gasteiger partial charge in [0.25, 0.3) is 0 Å². The summed E-state index contributed by atoms with van der Waals surface area (Å²) in [6.07, 6.45) is 51.4. The number of benzene rings is 2. The molecule has 0 unspecified atom stereocenters. The van der Waals surface area contributed by atoms with Gasteiger partial charge in [0.1, 0.15) is 0 Å². The van der Waals surface area contributed by atoms with Gasteiger partial charge in [-0.25, -0.2) is 0 Å². The molecule has 60 heavy (non-hydrogen) atoms. The van der Waals surface area contributed by atoms with Gasteiger partial charge in [-0.3, -0.25) is 4.79 Å². The molecular formula is C56H94O3S. The highest BCUT2D eigenvalue weighted by atomic mass is 32.2. The average molecular weight is 847 g/mol. The van der Waals surface area contributed by atoms with Gasteiger partial charge in [-0.15, -0.1) is 11.8 Å². The monoisotopic (exact) mass is 847 g/mol. The first-order chi connectivity index (χ1) is 29.7. The number of hydrogen-bond acceptors (Lipinski definition) is 4. The summed E-state index contributed by atoms with van der Waals surface area (Å²) in [7, 11) is 0. The van der Waals surface area contributed by atoms with Crippen molar-refractivity contribution >= 4 is 23.6 Å². The highest BCUT2D eigenvalue weighted by molar-refractivity contribution is 7.99. The van der Waals surface area contributed by atoms with E-state index in [0.29, 0.717) is 13.2 Å². The van der Waals surface area contributed by atoms with Crippen molar-refractivity contribution in [1.82, 2.24) is 0 Å². The van der Waals surface area contributed by atoms with Crippen molar-refractivity contribution in [3.63, 3.8) is 0 Å². The molecule has 342 valence electrons. The van der Waals surface area contributed by atoms with E-state index in [9.17, 15) is 4.79 Å². The Morgan fingerprint density at radius 1 is 0.433 bits per heavy atom. The molecule has 2 aromatic carbocycles. The number of ether oxygens (including phenoxy) is 2. The van der Waals surface area contributed by atoms with Crippen LogP contribution in [0.2, 0.25) is 0 Å². The molecule has 0 aromatic heterocycles. The van der Waals surface area contributed by atoms with Crippen LogP contribution in [0.3, 0.4) is 0 Å². The first-order valence-electron chi connectivity index (χ1n) is 26.0. The zero-order valence-electron chi connectivity index (χ0n) is 39.7. The van der Waals surface area contributed by atoms with E-state index in [0.717, 1.165) is 47.6 Å². The molecule has 3 nitrogen and oxygen atoms in total. The zero-order valence-corrected chi connectivity index (χ0v) is 40.5. The van der Waals surface area contributed by atoms with Crippen LogP contribution in [0.25, 0.3) is 6.08 Å². The fourth-order valence-corrected chi connectivity index (χ4v) is 8.85. The molecule has 0 fully saturated rings. The van der Waals surface area contributed by atoms with Gasteiger partial charge in [0, 0.05) is 10.5 Å². The quantitative estimate of drug-likeness (QED) is 0.0288. The van der Waals surface area contributed by atoms with E-state index in [1.165, 1.54) is 210 Å². The molecule has 2 aromatic rings. The zero-order chi connectivity index (χ0) is 42.8. The summed E-state index contributed by atoms with van der Waals surface area (Å²) in [5, 5.41) is 0. The first kappa shape index (κ1) is 53.9. The molecule has 0 amide bonds. The maximum absolute atomic E-state index is 13.0. The van der Waals surface area contributed by atoms with Crippen LogP contribution in [0.5, 0.6) is 11.5 Å². The largest absolute Gasteiger partial charge is 0.490 e. The summed E-state index contributed by atoms with van der Waals surface area (Å²) >= 11 is 1.83. The lowest BCUT2D eigenvalue weighted by Crippen LogP contribution is -2.03. The molecule has 0 spiro atoms. The predicted molar refractivity (Wildman–Crippen MR) is 267 cm³/mol. The fraction of sp³-hybridized carbons (Fsp3) is 0.732. The van der Waals surface area contributed by atoms with E-state index in [2.05, 4.69) is 32.9 Å². The Hall–Kier alpha value is -2.20. The van der Waals surface area contributed by atoms with Crippen LogP contribution in [0.1, 0.15) is 261 Å². The second kappa shape index (κ2) is 40.8. The Balaban J connectivity index is 1.67. The van der Waals surface area contributed by atoms with E-state index in [1.54, 1.807) is 6.08 Å². The van der Waals surface area contributed by atoms with Crippen LogP contribution in [0, 0.1) is 0 Å². The van der Waals surface area contributed by atoms with Gasteiger partial charge in [-0.05, 0) is 73.1 Å². The summed E-state index contributed by atoms with van der Waals surface area (Å²) < 4.78 is 12.7. The van der Waals surface area contributed by atoms with E-state index < -0.39 is 0 Å². The Kier molecular flexibility index (Phi) is 36.7. The third-order valence-electron chi connectivity index (χ3n) is 12.0. The van der Waals surface area contributed by atoms with Crippen LogP contribution in [0.15, 0.2) is 53.4 Å². The Labute approximate surface area is 376 Å². The van der Waals surface area contributed by atoms with E-state index in [4.69, 9.17) is 9.47 Å². The minimum absolute atomic E-state index is 0.0205. The van der Waals surface area contributed by atoms with Crippen LogP contribution < -0.4 is 9.47 Å². The van der Waals surface area contributed by atoms with Crippen LogP contribution in [-0.2, 0) is 0 Å². The van der Waals surface area contributed by atoms with Gasteiger partial charge in [0.15, 0.2) is 17.3 Å². The third kappa shape index (κ3) is 30.8. The molecule has 0 saturated heterocycles. The van der Waals surface area contributed by atoms with Gasteiger partial charge in [-0.1, -0.05) is 238 Å². The first-order valence-corrected chi connectivity index (χ1v) is 27.0. The smallest absolute Gasteiger partial charge is 0.185 e. The second-order valence-electron chi connectivity index (χ2n) is 17.8. The topological polar surface area (TPSA) is 35.5 Å². The normalized spacial score (nSPS) is 11.5. The van der Waals surface area contributed by atoms with E-state index in [-0.39, 0.29) is 5.78 Å². The van der Waals surface area contributed by atoms with Crippen LogP contribution in [-0.4, -0.2) is 24.7 Å². The van der Waals surface area contributed by atoms with Gasteiger partial charge in [-0.2, -0.15) is 0 Å². The standard InChI is InChI=1S/C56H94O3S/c1-4-7-9-11-13-15-17-19-21-23-25-27-29-31-33-35-37-47-58-55-46-40-51(39-45-54(57)52-41-43-53(44-42-52)60-49-6-3)50-56(55)59-48-38-36-34-32-30-28-26-24-22-20-18-16-14-12-10-8-5-2/h39-46,50H,4-38,47-49H2,1-3H3.